The number of alkyl halides is 3. The van der Waals surface area contributed by atoms with Gasteiger partial charge >= 0.3 is 6.36 Å². The van der Waals surface area contributed by atoms with Crippen molar-refractivity contribution in [2.45, 2.75) is 32.5 Å². The Morgan fingerprint density at radius 3 is 2.46 bits per heavy atom. The predicted octanol–water partition coefficient (Wildman–Crippen LogP) is 7.20. The van der Waals surface area contributed by atoms with Crippen molar-refractivity contribution in [2.75, 3.05) is 13.1 Å². The number of para-hydroxylation sites is 1. The maximum atomic E-state index is 13.4. The van der Waals surface area contributed by atoms with Gasteiger partial charge in [0.05, 0.1) is 5.52 Å². The third kappa shape index (κ3) is 5.77. The summed E-state index contributed by atoms with van der Waals surface area (Å²) < 4.78 is 41.4. The number of piperidine rings is 1. The van der Waals surface area contributed by atoms with E-state index < -0.39 is 6.36 Å². The summed E-state index contributed by atoms with van der Waals surface area (Å²) in [5.41, 5.74) is 5.17. The van der Waals surface area contributed by atoms with E-state index in [1.807, 2.05) is 54.4 Å². The van der Waals surface area contributed by atoms with Crippen LogP contribution in [0.4, 0.5) is 13.2 Å². The van der Waals surface area contributed by atoms with Gasteiger partial charge in [0.1, 0.15) is 5.75 Å². The third-order valence-corrected chi connectivity index (χ3v) is 7.04. The molecule has 3 aromatic carbocycles. The molecular formula is C30H27F3N2O2. The monoisotopic (exact) mass is 504 g/mol. The number of likely N-dealkylation sites (tertiary alicyclic amines) is 1. The van der Waals surface area contributed by atoms with Gasteiger partial charge in [-0.15, -0.1) is 13.2 Å². The van der Waals surface area contributed by atoms with Crippen LogP contribution >= 0.6 is 0 Å². The number of hydrogen-bond donors (Lipinski definition) is 0. The number of fused-ring (bicyclic) bond motifs is 1. The number of pyridine rings is 1. The summed E-state index contributed by atoms with van der Waals surface area (Å²) in [7, 11) is 0. The number of rotatable bonds is 5. The van der Waals surface area contributed by atoms with Crippen LogP contribution in [0.25, 0.3) is 22.0 Å². The molecule has 5 rings (SSSR count). The SMILES string of the molecule is Cc1c(C(=O)N2CCC(Cc3cnc4ccccc4c3)CC2)cccc1-c1ccc(OC(F)(F)F)cc1. The molecule has 1 amide bonds. The van der Waals surface area contributed by atoms with Crippen molar-refractivity contribution in [1.29, 1.82) is 0 Å². The highest BCUT2D eigenvalue weighted by Crippen LogP contribution is 2.31. The first-order valence-electron chi connectivity index (χ1n) is 12.4. The van der Waals surface area contributed by atoms with E-state index in [9.17, 15) is 18.0 Å². The molecule has 0 spiro atoms. The van der Waals surface area contributed by atoms with E-state index in [1.54, 1.807) is 12.1 Å². The molecule has 37 heavy (non-hydrogen) atoms. The maximum Gasteiger partial charge on any atom is 0.573 e. The average molecular weight is 505 g/mol. The summed E-state index contributed by atoms with van der Waals surface area (Å²) in [5, 5.41) is 1.14. The Morgan fingerprint density at radius 2 is 1.73 bits per heavy atom. The molecule has 1 aromatic heterocycles. The first-order valence-corrected chi connectivity index (χ1v) is 12.4. The lowest BCUT2D eigenvalue weighted by Crippen LogP contribution is -2.39. The van der Waals surface area contributed by atoms with Gasteiger partial charge < -0.3 is 9.64 Å². The van der Waals surface area contributed by atoms with E-state index in [1.165, 1.54) is 17.7 Å². The fourth-order valence-electron chi connectivity index (χ4n) is 5.09. The zero-order valence-corrected chi connectivity index (χ0v) is 20.5. The molecule has 1 aliphatic rings. The quantitative estimate of drug-likeness (QED) is 0.289. The van der Waals surface area contributed by atoms with Gasteiger partial charge in [-0.1, -0.05) is 42.5 Å². The van der Waals surface area contributed by atoms with Crippen LogP contribution in [0, 0.1) is 12.8 Å². The number of carbonyl (C=O) groups excluding carboxylic acids is 1. The van der Waals surface area contributed by atoms with Crippen molar-refractivity contribution in [3.8, 4) is 16.9 Å². The maximum absolute atomic E-state index is 13.4. The minimum absolute atomic E-state index is 0.0119. The number of carbonyl (C=O) groups is 1. The van der Waals surface area contributed by atoms with Crippen LogP contribution in [0.1, 0.15) is 34.3 Å². The van der Waals surface area contributed by atoms with Crippen molar-refractivity contribution in [3.63, 3.8) is 0 Å². The van der Waals surface area contributed by atoms with Crippen LogP contribution in [0.5, 0.6) is 5.75 Å². The molecule has 4 aromatic rings. The Balaban J connectivity index is 1.24. The lowest BCUT2D eigenvalue weighted by Gasteiger charge is -2.32. The highest BCUT2D eigenvalue weighted by Gasteiger charge is 2.31. The minimum Gasteiger partial charge on any atom is -0.406 e. The summed E-state index contributed by atoms with van der Waals surface area (Å²) in [4.78, 5) is 19.9. The van der Waals surface area contributed by atoms with Crippen molar-refractivity contribution in [2.24, 2.45) is 5.92 Å². The molecule has 1 aliphatic heterocycles. The van der Waals surface area contributed by atoms with Crippen LogP contribution in [0.2, 0.25) is 0 Å². The van der Waals surface area contributed by atoms with Gasteiger partial charge in [0, 0.05) is 30.2 Å². The standard InChI is InChI=1S/C30H27F3N2O2/c1-20-26(23-9-11-25(12-10-23)37-30(31,32)33)6-4-7-27(20)29(36)35-15-13-21(14-16-35)17-22-18-24-5-2-3-8-28(24)34-19-22/h2-12,18-19,21H,13-17H2,1H3. The van der Waals surface area contributed by atoms with E-state index in [4.69, 9.17) is 0 Å². The Labute approximate surface area is 213 Å². The molecule has 0 bridgehead atoms. The van der Waals surface area contributed by atoms with Crippen molar-refractivity contribution < 1.29 is 22.7 Å². The molecule has 1 saturated heterocycles. The van der Waals surface area contributed by atoms with E-state index >= 15 is 0 Å². The van der Waals surface area contributed by atoms with Gasteiger partial charge in [-0.3, -0.25) is 9.78 Å². The topological polar surface area (TPSA) is 42.4 Å². The highest BCUT2D eigenvalue weighted by molar-refractivity contribution is 5.97. The number of amides is 1. The highest BCUT2D eigenvalue weighted by atomic mass is 19.4. The molecule has 1 fully saturated rings. The number of ether oxygens (including phenoxy) is 1. The van der Waals surface area contributed by atoms with Gasteiger partial charge in [0.2, 0.25) is 0 Å². The zero-order valence-electron chi connectivity index (χ0n) is 20.5. The van der Waals surface area contributed by atoms with Crippen LogP contribution in [-0.2, 0) is 6.42 Å². The van der Waals surface area contributed by atoms with Gasteiger partial charge in [0.15, 0.2) is 0 Å². The largest absolute Gasteiger partial charge is 0.573 e. The molecule has 2 heterocycles. The lowest BCUT2D eigenvalue weighted by atomic mass is 9.89. The first-order chi connectivity index (χ1) is 17.8. The van der Waals surface area contributed by atoms with E-state index in [0.717, 1.165) is 46.9 Å². The second-order valence-electron chi connectivity index (χ2n) is 9.53. The molecule has 4 nitrogen and oxygen atoms in total. The number of aromatic nitrogens is 1. The number of hydrogen-bond acceptors (Lipinski definition) is 3. The average Bonchev–Trinajstić information content (AvgIpc) is 2.88. The fraction of sp³-hybridized carbons (Fsp3) is 0.267. The van der Waals surface area contributed by atoms with Crippen LogP contribution < -0.4 is 4.74 Å². The number of halogens is 3. The molecular weight excluding hydrogens is 477 g/mol. The molecule has 190 valence electrons. The lowest BCUT2D eigenvalue weighted by molar-refractivity contribution is -0.274. The normalized spacial score (nSPS) is 14.6. The summed E-state index contributed by atoms with van der Waals surface area (Å²) in [6.07, 6.45) is 0.0262. The molecule has 0 saturated carbocycles. The Kier molecular flexibility index (Phi) is 6.87. The minimum atomic E-state index is -4.73. The summed E-state index contributed by atoms with van der Waals surface area (Å²) in [6, 6.07) is 21.5. The van der Waals surface area contributed by atoms with Crippen molar-refractivity contribution >= 4 is 16.8 Å². The van der Waals surface area contributed by atoms with E-state index in [-0.39, 0.29) is 11.7 Å². The van der Waals surface area contributed by atoms with Crippen LogP contribution in [-0.4, -0.2) is 35.2 Å². The van der Waals surface area contributed by atoms with Gasteiger partial charge in [0.25, 0.3) is 5.91 Å². The zero-order chi connectivity index (χ0) is 26.0. The predicted molar refractivity (Wildman–Crippen MR) is 137 cm³/mol. The molecule has 0 unspecified atom stereocenters. The molecule has 0 aliphatic carbocycles. The van der Waals surface area contributed by atoms with Gasteiger partial charge in [-0.25, -0.2) is 0 Å². The third-order valence-electron chi connectivity index (χ3n) is 7.04. The summed E-state index contributed by atoms with van der Waals surface area (Å²) in [5.74, 6) is 0.211. The molecule has 7 heteroatoms. The van der Waals surface area contributed by atoms with Crippen molar-refractivity contribution in [3.05, 3.63) is 95.7 Å². The second kappa shape index (κ2) is 10.2. The van der Waals surface area contributed by atoms with Gasteiger partial charge in [-0.2, -0.15) is 0 Å². The van der Waals surface area contributed by atoms with Crippen molar-refractivity contribution in [1.82, 2.24) is 9.88 Å². The second-order valence-corrected chi connectivity index (χ2v) is 9.53. The Hall–Kier alpha value is -3.87. The molecule has 0 atom stereocenters. The Bertz CT molecular complexity index is 1410. The number of benzene rings is 3. The summed E-state index contributed by atoms with van der Waals surface area (Å²) in [6.45, 7) is 3.26. The van der Waals surface area contributed by atoms with E-state index in [0.29, 0.717) is 24.6 Å². The first kappa shape index (κ1) is 24.8. The van der Waals surface area contributed by atoms with Crippen LogP contribution in [0.15, 0.2) is 79.0 Å². The number of nitrogens with zero attached hydrogens (tertiary/aromatic N) is 2. The Morgan fingerprint density at radius 1 is 1.00 bits per heavy atom. The fourth-order valence-corrected chi connectivity index (χ4v) is 5.09. The summed E-state index contributed by atoms with van der Waals surface area (Å²) >= 11 is 0. The van der Waals surface area contributed by atoms with Gasteiger partial charge in [-0.05, 0) is 84.7 Å². The van der Waals surface area contributed by atoms with E-state index in [2.05, 4.69) is 21.9 Å². The molecule has 0 N–H and O–H groups in total. The smallest absolute Gasteiger partial charge is 0.406 e. The molecule has 0 radical (unpaired) electrons. The van der Waals surface area contributed by atoms with Crippen LogP contribution in [0.3, 0.4) is 0 Å².